The monoisotopic (exact) mass is 326 g/mol. The van der Waals surface area contributed by atoms with Crippen LogP contribution in [-0.2, 0) is 16.8 Å². The van der Waals surface area contributed by atoms with Crippen molar-refractivity contribution in [3.63, 3.8) is 0 Å². The van der Waals surface area contributed by atoms with Crippen LogP contribution in [-0.4, -0.2) is 19.0 Å². The number of methoxy groups -OCH3 is 1. The van der Waals surface area contributed by atoms with E-state index in [0.717, 1.165) is 40.6 Å². The zero-order valence-electron chi connectivity index (χ0n) is 11.1. The summed E-state index contributed by atoms with van der Waals surface area (Å²) >= 11 is 3.56. The maximum Gasteiger partial charge on any atom is 0.188 e. The molecule has 1 N–H and O–H groups in total. The van der Waals surface area contributed by atoms with Crippen LogP contribution in [0.1, 0.15) is 30.4 Å². The van der Waals surface area contributed by atoms with Crippen molar-refractivity contribution in [2.75, 3.05) is 13.9 Å². The number of ether oxygens (including phenoxy) is 2. The molecule has 4 heteroatoms. The summed E-state index contributed by atoms with van der Waals surface area (Å²) in [4.78, 5) is 0. The van der Waals surface area contributed by atoms with E-state index in [4.69, 9.17) is 9.47 Å². The highest BCUT2D eigenvalue weighted by molar-refractivity contribution is 9.10. The van der Waals surface area contributed by atoms with E-state index in [1.165, 1.54) is 0 Å². The van der Waals surface area contributed by atoms with Gasteiger partial charge < -0.3 is 14.6 Å². The first-order chi connectivity index (χ1) is 9.10. The normalized spacial score (nSPS) is 21.8. The summed E-state index contributed by atoms with van der Waals surface area (Å²) in [5.74, 6) is 0.760. The summed E-state index contributed by atoms with van der Waals surface area (Å²) in [6.07, 6.45) is 5.03. The molecule has 0 saturated heterocycles. The average Bonchev–Trinajstić information content (AvgIpc) is 2.36. The van der Waals surface area contributed by atoms with E-state index in [9.17, 15) is 5.11 Å². The predicted molar refractivity (Wildman–Crippen MR) is 78.3 cm³/mol. The molecule has 104 valence electrons. The molecule has 1 unspecified atom stereocenters. The molecular weight excluding hydrogens is 308 g/mol. The molecule has 1 aromatic rings. The van der Waals surface area contributed by atoms with Gasteiger partial charge in [-0.1, -0.05) is 22.0 Å². The Bertz CT molecular complexity index is 473. The summed E-state index contributed by atoms with van der Waals surface area (Å²) in [5.41, 5.74) is 1.30. The van der Waals surface area contributed by atoms with Crippen LogP contribution in [0.25, 0.3) is 0 Å². The molecule has 1 aromatic carbocycles. The summed E-state index contributed by atoms with van der Waals surface area (Å²) < 4.78 is 11.3. The lowest BCUT2D eigenvalue weighted by Gasteiger charge is -2.35. The van der Waals surface area contributed by atoms with Crippen LogP contribution >= 0.6 is 15.9 Å². The van der Waals surface area contributed by atoms with Crippen LogP contribution in [0.5, 0.6) is 5.75 Å². The van der Waals surface area contributed by atoms with Crippen molar-refractivity contribution >= 4 is 15.9 Å². The maximum atomic E-state index is 10.8. The van der Waals surface area contributed by atoms with Gasteiger partial charge in [-0.3, -0.25) is 0 Å². The smallest absolute Gasteiger partial charge is 0.188 e. The van der Waals surface area contributed by atoms with Gasteiger partial charge in [-0.2, -0.15) is 0 Å². The fourth-order valence-corrected chi connectivity index (χ4v) is 3.55. The van der Waals surface area contributed by atoms with Gasteiger partial charge in [0.1, 0.15) is 5.75 Å². The van der Waals surface area contributed by atoms with Gasteiger partial charge in [0.15, 0.2) is 6.79 Å². The molecule has 0 aliphatic heterocycles. The van der Waals surface area contributed by atoms with E-state index in [1.54, 1.807) is 13.2 Å². The fraction of sp³-hybridized carbons (Fsp3) is 0.467. The van der Waals surface area contributed by atoms with E-state index >= 15 is 0 Å². The highest BCUT2D eigenvalue weighted by atomic mass is 79.9. The summed E-state index contributed by atoms with van der Waals surface area (Å²) in [5, 5.41) is 10.8. The topological polar surface area (TPSA) is 38.7 Å². The average molecular weight is 327 g/mol. The van der Waals surface area contributed by atoms with Crippen molar-refractivity contribution in [3.8, 4) is 5.75 Å². The van der Waals surface area contributed by atoms with Crippen LogP contribution < -0.4 is 4.74 Å². The lowest BCUT2D eigenvalue weighted by atomic mass is 9.77. The van der Waals surface area contributed by atoms with Crippen molar-refractivity contribution < 1.29 is 14.6 Å². The fourth-order valence-electron chi connectivity index (χ4n) is 2.70. The van der Waals surface area contributed by atoms with Gasteiger partial charge in [0, 0.05) is 17.1 Å². The van der Waals surface area contributed by atoms with Gasteiger partial charge in [-0.25, -0.2) is 0 Å². The van der Waals surface area contributed by atoms with E-state index in [0.29, 0.717) is 6.42 Å². The standard InChI is InChI=1S/C15H19BrO3/c1-3-6-15(17)7-4-5-11-8-12(19-10-18-2)9-13(16)14(11)15/h3,8-9,17H,1,4-7,10H2,2H3. The molecule has 1 aliphatic carbocycles. The summed E-state index contributed by atoms with van der Waals surface area (Å²) in [7, 11) is 1.59. The van der Waals surface area contributed by atoms with Crippen LogP contribution in [0.4, 0.5) is 0 Å². The number of hydrogen-bond donors (Lipinski definition) is 1. The molecule has 1 atom stereocenters. The van der Waals surface area contributed by atoms with Gasteiger partial charge in [-0.15, -0.1) is 6.58 Å². The summed E-state index contributed by atoms with van der Waals surface area (Å²) in [6.45, 7) is 3.97. The van der Waals surface area contributed by atoms with Gasteiger partial charge in [-0.05, 0) is 43.4 Å². The predicted octanol–water partition coefficient (Wildman–Crippen LogP) is 3.53. The van der Waals surface area contributed by atoms with Crippen molar-refractivity contribution in [1.82, 2.24) is 0 Å². The minimum Gasteiger partial charge on any atom is -0.468 e. The Kier molecular flexibility index (Phi) is 4.66. The van der Waals surface area contributed by atoms with Crippen molar-refractivity contribution in [2.45, 2.75) is 31.3 Å². The van der Waals surface area contributed by atoms with Gasteiger partial charge >= 0.3 is 0 Å². The number of benzene rings is 1. The van der Waals surface area contributed by atoms with Crippen LogP contribution in [0, 0.1) is 0 Å². The second-order valence-corrected chi connectivity index (χ2v) is 5.72. The molecule has 3 nitrogen and oxygen atoms in total. The highest BCUT2D eigenvalue weighted by Gasteiger charge is 2.35. The minimum absolute atomic E-state index is 0.224. The molecule has 1 aliphatic rings. The SMILES string of the molecule is C=CCC1(O)CCCc2cc(OCOC)cc(Br)c21. The third-order valence-corrected chi connectivity index (χ3v) is 4.10. The lowest BCUT2D eigenvalue weighted by molar-refractivity contribution is 0.0206. The Balaban J connectivity index is 2.39. The maximum absolute atomic E-state index is 10.8. The first-order valence-electron chi connectivity index (χ1n) is 6.38. The largest absolute Gasteiger partial charge is 0.468 e. The summed E-state index contributed by atoms with van der Waals surface area (Å²) in [6, 6.07) is 3.88. The highest BCUT2D eigenvalue weighted by Crippen LogP contribution is 2.43. The number of aliphatic hydroxyl groups is 1. The van der Waals surface area contributed by atoms with Crippen molar-refractivity contribution in [1.29, 1.82) is 0 Å². The molecule has 0 spiro atoms. The number of fused-ring (bicyclic) bond motifs is 1. The molecule has 0 fully saturated rings. The van der Waals surface area contributed by atoms with Crippen molar-refractivity contribution in [3.05, 3.63) is 40.4 Å². The molecule has 0 heterocycles. The second-order valence-electron chi connectivity index (χ2n) is 4.87. The minimum atomic E-state index is -0.812. The Morgan fingerprint density at radius 2 is 2.32 bits per heavy atom. The van der Waals surface area contributed by atoms with Gasteiger partial charge in [0.05, 0.1) is 5.60 Å². The quantitative estimate of drug-likeness (QED) is 0.664. The first kappa shape index (κ1) is 14.6. The number of aryl methyl sites for hydroxylation is 1. The zero-order valence-corrected chi connectivity index (χ0v) is 12.7. The van der Waals surface area contributed by atoms with E-state index in [1.807, 2.05) is 12.1 Å². The van der Waals surface area contributed by atoms with Crippen molar-refractivity contribution in [2.24, 2.45) is 0 Å². The second kappa shape index (κ2) is 6.07. The Labute approximate surface area is 122 Å². The number of halogens is 1. The van der Waals surface area contributed by atoms with E-state index in [-0.39, 0.29) is 6.79 Å². The molecule has 0 saturated carbocycles. The molecule has 0 aromatic heterocycles. The third kappa shape index (κ3) is 3.02. The van der Waals surface area contributed by atoms with E-state index in [2.05, 4.69) is 22.5 Å². The van der Waals surface area contributed by atoms with Crippen LogP contribution in [0.15, 0.2) is 29.3 Å². The number of rotatable bonds is 5. The first-order valence-corrected chi connectivity index (χ1v) is 7.18. The molecule has 2 rings (SSSR count). The Morgan fingerprint density at radius 1 is 1.53 bits per heavy atom. The molecule has 0 radical (unpaired) electrons. The Morgan fingerprint density at radius 3 is 3.00 bits per heavy atom. The zero-order chi connectivity index (χ0) is 13.9. The van der Waals surface area contributed by atoms with E-state index < -0.39 is 5.60 Å². The lowest BCUT2D eigenvalue weighted by Crippen LogP contribution is -2.30. The molecule has 0 amide bonds. The molecule has 0 bridgehead atoms. The Hall–Kier alpha value is -0.840. The van der Waals surface area contributed by atoms with Gasteiger partial charge in [0.2, 0.25) is 0 Å². The molecular formula is C15H19BrO3. The van der Waals surface area contributed by atoms with Gasteiger partial charge in [0.25, 0.3) is 0 Å². The number of hydrogen-bond acceptors (Lipinski definition) is 3. The molecule has 19 heavy (non-hydrogen) atoms. The van der Waals surface area contributed by atoms with Crippen LogP contribution in [0.3, 0.4) is 0 Å². The van der Waals surface area contributed by atoms with Crippen LogP contribution in [0.2, 0.25) is 0 Å². The third-order valence-electron chi connectivity index (χ3n) is 3.47.